The van der Waals surface area contributed by atoms with Crippen LogP contribution in [-0.2, 0) is 12.1 Å². The summed E-state index contributed by atoms with van der Waals surface area (Å²) in [6.07, 6.45) is 3.36. The predicted octanol–water partition coefficient (Wildman–Crippen LogP) is 3.37. The molecule has 0 atom stereocenters. The third-order valence-corrected chi connectivity index (χ3v) is 7.28. The minimum absolute atomic E-state index is 0.0120. The second kappa shape index (κ2) is 8.59. The molecule has 1 saturated carbocycles. The summed E-state index contributed by atoms with van der Waals surface area (Å²) in [6.45, 7) is 0.619. The Morgan fingerprint density at radius 3 is 2.56 bits per heavy atom. The van der Waals surface area contributed by atoms with Crippen molar-refractivity contribution in [1.29, 1.82) is 0 Å². The van der Waals surface area contributed by atoms with Gasteiger partial charge in [-0.15, -0.1) is 0 Å². The Kier molecular flexibility index (Phi) is 5.49. The number of aromatic nitrogens is 3. The van der Waals surface area contributed by atoms with Crippen molar-refractivity contribution in [2.45, 2.75) is 31.5 Å². The van der Waals surface area contributed by atoms with Crippen molar-refractivity contribution in [3.8, 4) is 28.3 Å². The third-order valence-electron chi connectivity index (χ3n) is 7.28. The van der Waals surface area contributed by atoms with E-state index in [1.165, 1.54) is 17.8 Å². The second-order valence-electron chi connectivity index (χ2n) is 9.61. The lowest BCUT2D eigenvalue weighted by Gasteiger charge is -2.33. The number of benzene rings is 1. The monoisotopic (exact) mass is 497 g/mol. The zero-order valence-electron chi connectivity index (χ0n) is 19.8. The molecule has 3 aromatic rings. The van der Waals surface area contributed by atoms with Crippen molar-refractivity contribution >= 4 is 11.8 Å². The Morgan fingerprint density at radius 1 is 1.08 bits per heavy atom. The molecule has 2 fully saturated rings. The lowest BCUT2D eigenvalue weighted by Crippen LogP contribution is -2.44. The molecule has 0 radical (unpaired) electrons. The van der Waals surface area contributed by atoms with Crippen molar-refractivity contribution < 1.29 is 17.9 Å². The van der Waals surface area contributed by atoms with Crippen molar-refractivity contribution in [3.63, 3.8) is 0 Å². The summed E-state index contributed by atoms with van der Waals surface area (Å²) >= 11 is 0. The Balaban J connectivity index is 1.43. The van der Waals surface area contributed by atoms with Crippen molar-refractivity contribution in [3.05, 3.63) is 47.4 Å². The number of nitrogen functional groups attached to an aromatic ring is 1. The number of anilines is 2. The first-order chi connectivity index (χ1) is 17.3. The number of ether oxygens (including phenoxy) is 1. The number of hydrogen-bond donors (Lipinski definition) is 2. The van der Waals surface area contributed by atoms with Crippen LogP contribution in [0.5, 0.6) is 5.75 Å². The highest BCUT2D eigenvalue weighted by atomic mass is 19.3. The van der Waals surface area contributed by atoms with Crippen LogP contribution in [0.1, 0.15) is 24.0 Å². The lowest BCUT2D eigenvalue weighted by molar-refractivity contribution is -0.0496. The second-order valence-corrected chi connectivity index (χ2v) is 9.61. The molecule has 1 spiro atoms. The van der Waals surface area contributed by atoms with Gasteiger partial charge in [-0.3, -0.25) is 0 Å². The van der Waals surface area contributed by atoms with E-state index in [1.54, 1.807) is 0 Å². The average Bonchev–Trinajstić information content (AvgIpc) is 3.56. The van der Waals surface area contributed by atoms with Crippen molar-refractivity contribution in [2.24, 2.45) is 0 Å². The van der Waals surface area contributed by atoms with Crippen molar-refractivity contribution in [1.82, 2.24) is 25.2 Å². The number of nitrogens with two attached hydrogens (primary N) is 1. The number of rotatable bonds is 5. The highest BCUT2D eigenvalue weighted by molar-refractivity contribution is 5.76. The Labute approximate surface area is 206 Å². The molecule has 8 nitrogen and oxygen atoms in total. The van der Waals surface area contributed by atoms with Crippen LogP contribution in [0, 0.1) is 5.82 Å². The van der Waals surface area contributed by atoms with Crippen LogP contribution in [0.2, 0.25) is 0 Å². The highest BCUT2D eigenvalue weighted by Crippen LogP contribution is 2.51. The van der Waals surface area contributed by atoms with Gasteiger partial charge in [0.25, 0.3) is 0 Å². The number of pyridine rings is 1. The number of likely N-dealkylation sites (N-methyl/N-ethyl adjacent to an activating group) is 1. The molecule has 2 aromatic heterocycles. The summed E-state index contributed by atoms with van der Waals surface area (Å²) in [5, 5.41) is 3.53. The van der Waals surface area contributed by atoms with Gasteiger partial charge in [-0.2, -0.15) is 8.78 Å². The van der Waals surface area contributed by atoms with Gasteiger partial charge < -0.3 is 25.6 Å². The molecule has 0 amide bonds. The predicted molar refractivity (Wildman–Crippen MR) is 129 cm³/mol. The molecule has 0 bridgehead atoms. The Hall–Kier alpha value is -3.44. The summed E-state index contributed by atoms with van der Waals surface area (Å²) in [5.41, 5.74) is 8.77. The van der Waals surface area contributed by atoms with Gasteiger partial charge in [0.1, 0.15) is 17.2 Å². The third kappa shape index (κ3) is 4.01. The fourth-order valence-electron chi connectivity index (χ4n) is 5.13. The van der Waals surface area contributed by atoms with Crippen LogP contribution in [0.3, 0.4) is 0 Å². The van der Waals surface area contributed by atoms with Crippen LogP contribution < -0.4 is 20.7 Å². The zero-order valence-corrected chi connectivity index (χ0v) is 19.8. The number of piperazine rings is 1. The quantitative estimate of drug-likeness (QED) is 0.555. The molecule has 3 N–H and O–H groups in total. The van der Waals surface area contributed by atoms with Crippen LogP contribution in [0.15, 0.2) is 30.5 Å². The number of nitrogens with one attached hydrogen (secondary N) is 1. The first-order valence-corrected chi connectivity index (χ1v) is 11.9. The van der Waals surface area contributed by atoms with Gasteiger partial charge in [0.05, 0.1) is 11.8 Å². The maximum atomic E-state index is 16.0. The molecule has 188 valence electrons. The number of fused-ring (bicyclic) bond motifs is 2. The molecule has 1 saturated heterocycles. The first-order valence-electron chi connectivity index (χ1n) is 11.9. The molecular formula is C25H26F3N7O. The summed E-state index contributed by atoms with van der Waals surface area (Å²) in [4.78, 5) is 16.8. The van der Waals surface area contributed by atoms with E-state index >= 15 is 4.39 Å². The van der Waals surface area contributed by atoms with Gasteiger partial charge in [-0.05, 0) is 43.1 Å². The van der Waals surface area contributed by atoms with Gasteiger partial charge in [-0.25, -0.2) is 19.3 Å². The molecule has 0 unspecified atom stereocenters. The summed E-state index contributed by atoms with van der Waals surface area (Å²) in [7, 11) is 2.02. The minimum Gasteiger partial charge on any atom is -0.432 e. The van der Waals surface area contributed by atoms with Gasteiger partial charge >= 0.3 is 6.61 Å². The van der Waals surface area contributed by atoms with Crippen LogP contribution >= 0.6 is 0 Å². The lowest BCUT2D eigenvalue weighted by atomic mass is 9.98. The SMILES string of the molecule is CN1CCN(c2cc(-c3nc(N)nc(-c4ccc5c(c4)CNC54CC4)c3F)c(OC(F)F)cn2)CC1. The smallest absolute Gasteiger partial charge is 0.387 e. The van der Waals surface area contributed by atoms with Crippen molar-refractivity contribution in [2.75, 3.05) is 43.9 Å². The molecule has 1 aliphatic carbocycles. The fraction of sp³-hybridized carbons (Fsp3) is 0.400. The van der Waals surface area contributed by atoms with E-state index in [2.05, 4.69) is 25.2 Å². The van der Waals surface area contributed by atoms with Gasteiger partial charge in [0.2, 0.25) is 5.95 Å². The zero-order chi connectivity index (χ0) is 25.0. The highest BCUT2D eigenvalue weighted by Gasteiger charge is 2.48. The number of nitrogens with zero attached hydrogens (tertiary/aromatic N) is 5. The van der Waals surface area contributed by atoms with E-state index in [9.17, 15) is 8.78 Å². The van der Waals surface area contributed by atoms with Crippen LogP contribution in [-0.4, -0.2) is 59.7 Å². The van der Waals surface area contributed by atoms with Gasteiger partial charge in [-0.1, -0.05) is 12.1 Å². The molecule has 1 aromatic carbocycles. The molecule has 36 heavy (non-hydrogen) atoms. The van der Waals surface area contributed by atoms with E-state index in [0.29, 0.717) is 31.0 Å². The number of alkyl halides is 2. The first kappa shape index (κ1) is 23.0. The molecule has 3 aliphatic rings. The Morgan fingerprint density at radius 2 is 1.83 bits per heavy atom. The molecular weight excluding hydrogens is 471 g/mol. The molecule has 4 heterocycles. The molecule has 11 heteroatoms. The number of hydrogen-bond acceptors (Lipinski definition) is 8. The largest absolute Gasteiger partial charge is 0.432 e. The number of halogens is 3. The summed E-state index contributed by atoms with van der Waals surface area (Å²) in [6, 6.07) is 7.25. The van der Waals surface area contributed by atoms with Gasteiger partial charge in [0, 0.05) is 43.8 Å². The summed E-state index contributed by atoms with van der Waals surface area (Å²) in [5.74, 6) is -0.679. The average molecular weight is 498 g/mol. The molecule has 2 aliphatic heterocycles. The standard InChI is InChI=1S/C25H26F3N7O/c1-34-6-8-35(9-7-34)19-11-16(18(13-30-19)36-23(27)28)22-20(26)21(32-24(29)33-22)14-2-3-17-15(10-14)12-31-25(17)4-5-25/h2-3,10-11,13,23,31H,4-9,12H2,1H3,(H2,29,32,33). The van der Waals surface area contributed by atoms with E-state index in [-0.39, 0.29) is 34.2 Å². The molecule has 6 rings (SSSR count). The van der Waals surface area contributed by atoms with E-state index in [0.717, 1.165) is 31.5 Å². The normalized spacial score (nSPS) is 18.6. The maximum Gasteiger partial charge on any atom is 0.387 e. The topological polar surface area (TPSA) is 92.4 Å². The van der Waals surface area contributed by atoms with E-state index in [1.807, 2.05) is 30.1 Å². The summed E-state index contributed by atoms with van der Waals surface area (Å²) < 4.78 is 47.1. The Bertz CT molecular complexity index is 1320. The van der Waals surface area contributed by atoms with Gasteiger partial charge in [0.15, 0.2) is 11.6 Å². The van der Waals surface area contributed by atoms with Crippen LogP contribution in [0.4, 0.5) is 24.9 Å². The van der Waals surface area contributed by atoms with E-state index in [4.69, 9.17) is 10.5 Å². The van der Waals surface area contributed by atoms with Crippen LogP contribution in [0.25, 0.3) is 22.5 Å². The maximum absolute atomic E-state index is 16.0. The fourth-order valence-corrected chi connectivity index (χ4v) is 5.13. The minimum atomic E-state index is -3.11. The van der Waals surface area contributed by atoms with E-state index < -0.39 is 12.4 Å².